The Morgan fingerprint density at radius 3 is 2.40 bits per heavy atom. The van der Waals surface area contributed by atoms with E-state index in [1.807, 2.05) is 44.2 Å². The van der Waals surface area contributed by atoms with E-state index in [9.17, 15) is 4.79 Å². The summed E-state index contributed by atoms with van der Waals surface area (Å²) in [5.74, 6) is -0.743. The van der Waals surface area contributed by atoms with Crippen LogP contribution in [-0.2, 0) is 4.79 Å². The van der Waals surface area contributed by atoms with Crippen molar-refractivity contribution in [3.05, 3.63) is 30.3 Å². The molecule has 3 nitrogen and oxygen atoms in total. The third-order valence-corrected chi connectivity index (χ3v) is 2.86. The molecule has 0 saturated heterocycles. The summed E-state index contributed by atoms with van der Waals surface area (Å²) < 4.78 is 2.95. The van der Waals surface area contributed by atoms with Crippen molar-refractivity contribution in [2.24, 2.45) is 5.92 Å². The molecule has 0 aliphatic heterocycles. The minimum Gasteiger partial charge on any atom is -0.480 e. The highest BCUT2D eigenvalue weighted by atomic mass is 32.2. The molecule has 0 amide bonds. The third kappa shape index (κ3) is 3.93. The van der Waals surface area contributed by atoms with Gasteiger partial charge in [-0.3, -0.25) is 4.79 Å². The summed E-state index contributed by atoms with van der Waals surface area (Å²) in [5, 5.41) is 8.95. The Balaban J connectivity index is 2.51. The first-order valence-corrected chi connectivity index (χ1v) is 5.63. The fraction of sp³-hybridized carbons (Fsp3) is 0.364. The van der Waals surface area contributed by atoms with E-state index in [0.717, 1.165) is 4.90 Å². The highest BCUT2D eigenvalue weighted by Gasteiger charge is 2.20. The van der Waals surface area contributed by atoms with Crippen molar-refractivity contribution >= 4 is 17.9 Å². The lowest BCUT2D eigenvalue weighted by Crippen LogP contribution is -2.36. The first-order chi connectivity index (χ1) is 7.11. The van der Waals surface area contributed by atoms with Crippen LogP contribution in [0.4, 0.5) is 0 Å². The lowest BCUT2D eigenvalue weighted by Gasteiger charge is -2.16. The number of aliphatic carboxylic acids is 1. The second kappa shape index (κ2) is 5.78. The molecule has 1 aromatic carbocycles. The summed E-state index contributed by atoms with van der Waals surface area (Å²) in [7, 11) is 0. The summed E-state index contributed by atoms with van der Waals surface area (Å²) in [6, 6.07) is 9.15. The Bertz CT molecular complexity index is 314. The maximum Gasteiger partial charge on any atom is 0.321 e. The fourth-order valence-electron chi connectivity index (χ4n) is 1.09. The number of hydrogen-bond donors (Lipinski definition) is 2. The van der Waals surface area contributed by atoms with Crippen LogP contribution in [0.15, 0.2) is 35.2 Å². The van der Waals surface area contributed by atoms with Gasteiger partial charge < -0.3 is 5.11 Å². The average molecular weight is 225 g/mol. The van der Waals surface area contributed by atoms with Gasteiger partial charge in [-0.25, -0.2) is 4.72 Å². The predicted octanol–water partition coefficient (Wildman–Crippen LogP) is 2.39. The second-order valence-electron chi connectivity index (χ2n) is 3.59. The monoisotopic (exact) mass is 225 g/mol. The van der Waals surface area contributed by atoms with Crippen molar-refractivity contribution in [2.45, 2.75) is 24.8 Å². The van der Waals surface area contributed by atoms with Gasteiger partial charge in [0.15, 0.2) is 0 Å². The molecule has 0 radical (unpaired) electrons. The molecule has 0 spiro atoms. The Labute approximate surface area is 94.0 Å². The average Bonchev–Trinajstić information content (AvgIpc) is 2.18. The molecule has 0 aliphatic rings. The van der Waals surface area contributed by atoms with Crippen molar-refractivity contribution in [2.75, 3.05) is 0 Å². The van der Waals surface area contributed by atoms with Gasteiger partial charge in [0.2, 0.25) is 0 Å². The smallest absolute Gasteiger partial charge is 0.321 e. The second-order valence-corrected chi connectivity index (χ2v) is 4.50. The highest BCUT2D eigenvalue weighted by Crippen LogP contribution is 2.16. The van der Waals surface area contributed by atoms with Gasteiger partial charge in [0.1, 0.15) is 6.04 Å². The summed E-state index contributed by atoms with van der Waals surface area (Å²) in [6.45, 7) is 3.77. The number of hydrogen-bond acceptors (Lipinski definition) is 3. The van der Waals surface area contributed by atoms with E-state index in [4.69, 9.17) is 5.11 Å². The van der Waals surface area contributed by atoms with Crippen molar-refractivity contribution in [3.8, 4) is 0 Å². The molecule has 1 aromatic rings. The van der Waals surface area contributed by atoms with Crippen LogP contribution in [0, 0.1) is 5.92 Å². The van der Waals surface area contributed by atoms with Crippen molar-refractivity contribution in [1.29, 1.82) is 0 Å². The summed E-state index contributed by atoms with van der Waals surface area (Å²) in [4.78, 5) is 11.9. The SMILES string of the molecule is CC(C)C(NSc1ccccc1)C(=O)O. The highest BCUT2D eigenvalue weighted by molar-refractivity contribution is 7.97. The van der Waals surface area contributed by atoms with Gasteiger partial charge >= 0.3 is 5.97 Å². The molecule has 15 heavy (non-hydrogen) atoms. The quantitative estimate of drug-likeness (QED) is 0.755. The molecule has 2 N–H and O–H groups in total. The standard InChI is InChI=1S/C11H15NO2S/c1-8(2)10(11(13)14)12-15-9-6-4-3-5-7-9/h3-8,10,12H,1-2H3,(H,13,14). The molecule has 0 fully saturated rings. The lowest BCUT2D eigenvalue weighted by molar-refractivity contribution is -0.139. The molecular weight excluding hydrogens is 210 g/mol. The number of carboxylic acids is 1. The van der Waals surface area contributed by atoms with E-state index >= 15 is 0 Å². The van der Waals surface area contributed by atoms with E-state index in [0.29, 0.717) is 0 Å². The van der Waals surface area contributed by atoms with Crippen LogP contribution in [0.5, 0.6) is 0 Å². The van der Waals surface area contributed by atoms with Crippen molar-refractivity contribution < 1.29 is 9.90 Å². The van der Waals surface area contributed by atoms with Crippen molar-refractivity contribution in [1.82, 2.24) is 4.72 Å². The Morgan fingerprint density at radius 2 is 1.93 bits per heavy atom. The molecule has 0 saturated carbocycles. The van der Waals surface area contributed by atoms with Gasteiger partial charge in [-0.05, 0) is 30.0 Å². The molecule has 0 bridgehead atoms. The van der Waals surface area contributed by atoms with E-state index in [1.165, 1.54) is 11.9 Å². The van der Waals surface area contributed by atoms with Crippen molar-refractivity contribution in [3.63, 3.8) is 0 Å². The Morgan fingerprint density at radius 1 is 1.33 bits per heavy atom. The Hall–Kier alpha value is -1.00. The van der Waals surface area contributed by atoms with E-state index < -0.39 is 12.0 Å². The van der Waals surface area contributed by atoms with Crippen LogP contribution in [-0.4, -0.2) is 17.1 Å². The van der Waals surface area contributed by atoms with Crippen LogP contribution >= 0.6 is 11.9 Å². The van der Waals surface area contributed by atoms with Gasteiger partial charge in [0.25, 0.3) is 0 Å². The molecule has 1 unspecified atom stereocenters. The summed E-state index contributed by atoms with van der Waals surface area (Å²) in [6.07, 6.45) is 0. The van der Waals surface area contributed by atoms with Gasteiger partial charge in [-0.15, -0.1) is 0 Å². The molecule has 1 rings (SSSR count). The predicted molar refractivity (Wildman–Crippen MR) is 61.7 cm³/mol. The molecule has 0 aliphatic carbocycles. The van der Waals surface area contributed by atoms with E-state index in [1.54, 1.807) is 0 Å². The summed E-state index contributed by atoms with van der Waals surface area (Å²) in [5.41, 5.74) is 0. The minimum absolute atomic E-state index is 0.0683. The first-order valence-electron chi connectivity index (χ1n) is 4.81. The number of carboxylic acid groups (broad SMARTS) is 1. The van der Waals surface area contributed by atoms with E-state index in [2.05, 4.69) is 4.72 Å². The number of benzene rings is 1. The molecular formula is C11H15NO2S. The van der Waals surface area contributed by atoms with E-state index in [-0.39, 0.29) is 5.92 Å². The topological polar surface area (TPSA) is 49.3 Å². The maximum atomic E-state index is 10.9. The van der Waals surface area contributed by atoms with Crippen LogP contribution in [0.25, 0.3) is 0 Å². The maximum absolute atomic E-state index is 10.9. The van der Waals surface area contributed by atoms with Gasteiger partial charge in [0.05, 0.1) is 0 Å². The molecule has 1 atom stereocenters. The van der Waals surface area contributed by atoms with Crippen LogP contribution < -0.4 is 4.72 Å². The first kappa shape index (κ1) is 12.1. The van der Waals surface area contributed by atoms with Gasteiger partial charge in [-0.1, -0.05) is 32.0 Å². The minimum atomic E-state index is -0.812. The zero-order chi connectivity index (χ0) is 11.3. The third-order valence-electron chi connectivity index (χ3n) is 1.98. The van der Waals surface area contributed by atoms with Crippen LogP contribution in [0.1, 0.15) is 13.8 Å². The van der Waals surface area contributed by atoms with Gasteiger partial charge in [0, 0.05) is 4.90 Å². The number of carbonyl (C=O) groups is 1. The molecule has 82 valence electrons. The molecule has 0 aromatic heterocycles. The summed E-state index contributed by atoms with van der Waals surface area (Å²) >= 11 is 1.35. The normalized spacial score (nSPS) is 12.7. The molecule has 4 heteroatoms. The number of nitrogens with one attached hydrogen (secondary N) is 1. The van der Waals surface area contributed by atoms with Gasteiger partial charge in [-0.2, -0.15) is 0 Å². The zero-order valence-corrected chi connectivity index (χ0v) is 9.62. The largest absolute Gasteiger partial charge is 0.480 e. The molecule has 0 heterocycles. The zero-order valence-electron chi connectivity index (χ0n) is 8.81. The van der Waals surface area contributed by atoms with Crippen LogP contribution in [0.3, 0.4) is 0 Å². The lowest BCUT2D eigenvalue weighted by atomic mass is 10.1. The number of rotatable bonds is 5. The Kier molecular flexibility index (Phi) is 4.65. The van der Waals surface area contributed by atoms with Crippen LogP contribution in [0.2, 0.25) is 0 Å². The fourth-order valence-corrected chi connectivity index (χ4v) is 2.02.